The van der Waals surface area contributed by atoms with Gasteiger partial charge in [-0.2, -0.15) is 0 Å². The predicted molar refractivity (Wildman–Crippen MR) is 68.8 cm³/mol. The minimum atomic E-state index is 0.227. The third-order valence-corrected chi connectivity index (χ3v) is 4.05. The Balaban J connectivity index is 1.69. The first-order valence-corrected chi connectivity index (χ1v) is 6.85. The molecule has 3 atom stereocenters. The number of nitrogens with one attached hydrogen (secondary N) is 2. The zero-order valence-electron chi connectivity index (χ0n) is 11.0. The average Bonchev–Trinajstić information content (AvgIpc) is 2.72. The summed E-state index contributed by atoms with van der Waals surface area (Å²) in [7, 11) is 2.15. The Labute approximate surface area is 104 Å². The SMILES string of the molecule is CC1CC(C(=O)NCC2CCN(C)C2)CCN1. The van der Waals surface area contributed by atoms with Gasteiger partial charge in [0, 0.05) is 25.0 Å². The maximum Gasteiger partial charge on any atom is 0.223 e. The van der Waals surface area contributed by atoms with Gasteiger partial charge in [-0.3, -0.25) is 4.79 Å². The third-order valence-electron chi connectivity index (χ3n) is 4.05. The van der Waals surface area contributed by atoms with Crippen LogP contribution in [0.15, 0.2) is 0 Å². The fourth-order valence-corrected chi connectivity index (χ4v) is 2.95. The molecular weight excluding hydrogens is 214 g/mol. The van der Waals surface area contributed by atoms with Gasteiger partial charge >= 0.3 is 0 Å². The van der Waals surface area contributed by atoms with Gasteiger partial charge in [0.15, 0.2) is 0 Å². The van der Waals surface area contributed by atoms with Gasteiger partial charge < -0.3 is 15.5 Å². The highest BCUT2D eigenvalue weighted by Gasteiger charge is 2.26. The molecule has 4 heteroatoms. The number of nitrogens with zero attached hydrogens (tertiary/aromatic N) is 1. The van der Waals surface area contributed by atoms with Gasteiger partial charge in [0.25, 0.3) is 0 Å². The van der Waals surface area contributed by atoms with E-state index < -0.39 is 0 Å². The van der Waals surface area contributed by atoms with Crippen LogP contribution in [0.3, 0.4) is 0 Å². The van der Waals surface area contributed by atoms with Crippen molar-refractivity contribution >= 4 is 5.91 Å². The molecule has 2 N–H and O–H groups in total. The maximum atomic E-state index is 12.0. The van der Waals surface area contributed by atoms with Crippen molar-refractivity contribution in [3.05, 3.63) is 0 Å². The Kier molecular flexibility index (Phi) is 4.40. The van der Waals surface area contributed by atoms with Crippen LogP contribution in [0, 0.1) is 11.8 Å². The first-order chi connectivity index (χ1) is 8.15. The molecule has 98 valence electrons. The van der Waals surface area contributed by atoms with Crippen LogP contribution in [-0.2, 0) is 4.79 Å². The Morgan fingerprint density at radius 3 is 2.94 bits per heavy atom. The molecule has 2 aliphatic rings. The molecule has 17 heavy (non-hydrogen) atoms. The number of carbonyl (C=O) groups excluding carboxylic acids is 1. The monoisotopic (exact) mass is 239 g/mol. The second kappa shape index (κ2) is 5.83. The standard InChI is InChI=1S/C13H25N3O/c1-10-7-12(3-5-14-10)13(17)15-8-11-4-6-16(2)9-11/h10-12,14H,3-9H2,1-2H3,(H,15,17). The van der Waals surface area contributed by atoms with Crippen molar-refractivity contribution in [1.82, 2.24) is 15.5 Å². The summed E-state index contributed by atoms with van der Waals surface area (Å²) in [6, 6.07) is 0.483. The molecule has 0 aliphatic carbocycles. The molecular formula is C13H25N3O. The number of piperidine rings is 1. The molecule has 0 spiro atoms. The molecule has 2 saturated heterocycles. The topological polar surface area (TPSA) is 44.4 Å². The van der Waals surface area contributed by atoms with Gasteiger partial charge in [-0.1, -0.05) is 0 Å². The van der Waals surface area contributed by atoms with Gasteiger partial charge in [0.05, 0.1) is 0 Å². The lowest BCUT2D eigenvalue weighted by Crippen LogP contribution is -2.43. The van der Waals surface area contributed by atoms with Crippen LogP contribution in [0.4, 0.5) is 0 Å². The second-order valence-electron chi connectivity index (χ2n) is 5.74. The molecule has 2 rings (SSSR count). The summed E-state index contributed by atoms with van der Waals surface area (Å²) in [5, 5.41) is 6.53. The van der Waals surface area contributed by atoms with E-state index in [0.717, 1.165) is 32.5 Å². The number of amides is 1. The molecule has 2 heterocycles. The zero-order chi connectivity index (χ0) is 12.3. The van der Waals surface area contributed by atoms with Crippen molar-refractivity contribution in [2.75, 3.05) is 33.2 Å². The van der Waals surface area contributed by atoms with Crippen LogP contribution >= 0.6 is 0 Å². The minimum Gasteiger partial charge on any atom is -0.356 e. The number of likely N-dealkylation sites (tertiary alicyclic amines) is 1. The predicted octanol–water partition coefficient (Wildman–Crippen LogP) is 0.442. The summed E-state index contributed by atoms with van der Waals surface area (Å²) in [4.78, 5) is 14.4. The van der Waals surface area contributed by atoms with Crippen molar-refractivity contribution in [1.29, 1.82) is 0 Å². The summed E-state index contributed by atoms with van der Waals surface area (Å²) >= 11 is 0. The van der Waals surface area contributed by atoms with E-state index in [-0.39, 0.29) is 11.8 Å². The molecule has 0 saturated carbocycles. The molecule has 0 aromatic carbocycles. The van der Waals surface area contributed by atoms with Crippen LogP contribution < -0.4 is 10.6 Å². The van der Waals surface area contributed by atoms with Gasteiger partial charge in [-0.15, -0.1) is 0 Å². The lowest BCUT2D eigenvalue weighted by atomic mass is 9.92. The summed E-state index contributed by atoms with van der Waals surface area (Å²) in [6.07, 6.45) is 3.19. The van der Waals surface area contributed by atoms with Gasteiger partial charge in [0.2, 0.25) is 5.91 Å². The van der Waals surface area contributed by atoms with Crippen LogP contribution in [0.25, 0.3) is 0 Å². The highest BCUT2D eigenvalue weighted by Crippen LogP contribution is 2.17. The van der Waals surface area contributed by atoms with Crippen molar-refractivity contribution < 1.29 is 4.79 Å². The van der Waals surface area contributed by atoms with E-state index in [4.69, 9.17) is 0 Å². The number of hydrogen-bond acceptors (Lipinski definition) is 3. The second-order valence-corrected chi connectivity index (χ2v) is 5.74. The van der Waals surface area contributed by atoms with Crippen LogP contribution in [-0.4, -0.2) is 50.1 Å². The average molecular weight is 239 g/mol. The van der Waals surface area contributed by atoms with E-state index >= 15 is 0 Å². The summed E-state index contributed by atoms with van der Waals surface area (Å²) in [5.74, 6) is 1.15. The van der Waals surface area contributed by atoms with Crippen molar-refractivity contribution in [2.45, 2.75) is 32.2 Å². The van der Waals surface area contributed by atoms with Crippen LogP contribution in [0.1, 0.15) is 26.2 Å². The number of rotatable bonds is 3. The lowest BCUT2D eigenvalue weighted by molar-refractivity contribution is -0.126. The minimum absolute atomic E-state index is 0.227. The number of hydrogen-bond donors (Lipinski definition) is 2. The van der Waals surface area contributed by atoms with E-state index in [1.165, 1.54) is 13.0 Å². The fourth-order valence-electron chi connectivity index (χ4n) is 2.95. The normalized spacial score (nSPS) is 34.8. The highest BCUT2D eigenvalue weighted by atomic mass is 16.1. The van der Waals surface area contributed by atoms with Crippen LogP contribution in [0.2, 0.25) is 0 Å². The van der Waals surface area contributed by atoms with E-state index in [1.807, 2.05) is 0 Å². The van der Waals surface area contributed by atoms with Crippen molar-refractivity contribution in [3.63, 3.8) is 0 Å². The molecule has 2 fully saturated rings. The largest absolute Gasteiger partial charge is 0.356 e. The van der Waals surface area contributed by atoms with Gasteiger partial charge in [-0.05, 0) is 52.2 Å². The fraction of sp³-hybridized carbons (Fsp3) is 0.923. The molecule has 0 radical (unpaired) electrons. The smallest absolute Gasteiger partial charge is 0.223 e. The summed E-state index contributed by atoms with van der Waals surface area (Å²) < 4.78 is 0. The third kappa shape index (κ3) is 3.68. The van der Waals surface area contributed by atoms with Gasteiger partial charge in [0.1, 0.15) is 0 Å². The molecule has 0 aromatic rings. The van der Waals surface area contributed by atoms with E-state index in [9.17, 15) is 4.79 Å². The lowest BCUT2D eigenvalue weighted by Gasteiger charge is -2.27. The molecule has 0 bridgehead atoms. The maximum absolute atomic E-state index is 12.0. The Bertz CT molecular complexity index is 269. The molecule has 0 aromatic heterocycles. The Morgan fingerprint density at radius 1 is 1.47 bits per heavy atom. The Hall–Kier alpha value is -0.610. The first-order valence-electron chi connectivity index (χ1n) is 6.85. The summed E-state index contributed by atoms with van der Waals surface area (Å²) in [6.45, 7) is 6.30. The zero-order valence-corrected chi connectivity index (χ0v) is 11.0. The van der Waals surface area contributed by atoms with Crippen molar-refractivity contribution in [3.8, 4) is 0 Å². The number of carbonyl (C=O) groups is 1. The van der Waals surface area contributed by atoms with E-state index in [2.05, 4.69) is 29.5 Å². The molecule has 2 aliphatic heterocycles. The molecule has 4 nitrogen and oxygen atoms in total. The van der Waals surface area contributed by atoms with E-state index in [1.54, 1.807) is 0 Å². The van der Waals surface area contributed by atoms with Crippen molar-refractivity contribution in [2.24, 2.45) is 11.8 Å². The Morgan fingerprint density at radius 2 is 2.29 bits per heavy atom. The van der Waals surface area contributed by atoms with Gasteiger partial charge in [-0.25, -0.2) is 0 Å². The molecule has 1 amide bonds. The first kappa shape index (κ1) is 12.8. The quantitative estimate of drug-likeness (QED) is 0.751. The molecule has 3 unspecified atom stereocenters. The van der Waals surface area contributed by atoms with Crippen LogP contribution in [0.5, 0.6) is 0 Å². The van der Waals surface area contributed by atoms with E-state index in [0.29, 0.717) is 12.0 Å². The summed E-state index contributed by atoms with van der Waals surface area (Å²) in [5.41, 5.74) is 0. The highest BCUT2D eigenvalue weighted by molar-refractivity contribution is 5.78.